The van der Waals surface area contributed by atoms with Crippen LogP contribution in [-0.2, 0) is 27.9 Å². The molecule has 2 atom stereocenters. The molecular formula is C44H74NO7P. The molecule has 0 aliphatic rings. The number of nitrogens with zero attached hydrogens (tertiary/aromatic N) is 1. The Kier molecular flexibility index (Phi) is 34.6. The molecule has 0 saturated carbocycles. The highest BCUT2D eigenvalue weighted by Crippen LogP contribution is 2.38. The van der Waals surface area contributed by atoms with Gasteiger partial charge in [-0.1, -0.05) is 130 Å². The maximum Gasteiger partial charge on any atom is 0.306 e. The number of phosphoric ester groups is 1. The van der Waals surface area contributed by atoms with Gasteiger partial charge in [-0.3, -0.25) is 9.36 Å². The Morgan fingerprint density at radius 3 is 1.55 bits per heavy atom. The molecule has 0 saturated heterocycles. The number of carbonyl (C=O) groups excluding carboxylic acids is 1. The maximum absolute atomic E-state index is 12.6. The van der Waals surface area contributed by atoms with E-state index in [1.807, 2.05) is 33.3 Å². The second-order valence-corrected chi connectivity index (χ2v) is 15.3. The van der Waals surface area contributed by atoms with Crippen LogP contribution < -0.4 is 4.89 Å². The number of allylic oxidation sites excluding steroid dienone is 16. The first kappa shape index (κ1) is 50.4. The second kappa shape index (κ2) is 36.4. The van der Waals surface area contributed by atoms with E-state index < -0.39 is 19.9 Å². The van der Waals surface area contributed by atoms with Crippen molar-refractivity contribution in [3.8, 4) is 0 Å². The first-order valence-electron chi connectivity index (χ1n) is 20.0. The largest absolute Gasteiger partial charge is 0.756 e. The molecule has 302 valence electrons. The number of phosphoric acid groups is 1. The summed E-state index contributed by atoms with van der Waals surface area (Å²) in [6.45, 7) is 4.99. The molecule has 0 bridgehead atoms. The van der Waals surface area contributed by atoms with Gasteiger partial charge in [0, 0.05) is 13.0 Å². The van der Waals surface area contributed by atoms with Crippen LogP contribution in [0.25, 0.3) is 0 Å². The van der Waals surface area contributed by atoms with Gasteiger partial charge in [-0.2, -0.15) is 0 Å². The van der Waals surface area contributed by atoms with E-state index in [4.69, 9.17) is 18.5 Å². The van der Waals surface area contributed by atoms with Crippen LogP contribution in [0.1, 0.15) is 117 Å². The molecular weight excluding hydrogens is 685 g/mol. The van der Waals surface area contributed by atoms with Gasteiger partial charge in [0.2, 0.25) is 0 Å². The molecule has 0 radical (unpaired) electrons. The highest BCUT2D eigenvalue weighted by atomic mass is 31.2. The molecule has 0 fully saturated rings. The number of carbonyl (C=O) groups is 1. The summed E-state index contributed by atoms with van der Waals surface area (Å²) in [5.74, 6) is -0.426. The third-order valence-electron chi connectivity index (χ3n) is 7.64. The Balaban J connectivity index is 4.43. The number of hydrogen-bond donors (Lipinski definition) is 0. The van der Waals surface area contributed by atoms with Crippen molar-refractivity contribution in [3.63, 3.8) is 0 Å². The van der Waals surface area contributed by atoms with Gasteiger partial charge >= 0.3 is 5.97 Å². The number of esters is 1. The first-order chi connectivity index (χ1) is 25.6. The SMILES string of the molecule is CC/C=C\C/C=C\C/C=C\C/C=C\CCCCCCCOCC(COP(=O)([O-])OCC[N+](C)(C)C)OC(=O)CC/C=C\C/C=C\C/C=C\C/C=C\CC. The average molecular weight is 760 g/mol. The van der Waals surface area contributed by atoms with Crippen LogP contribution in [0.2, 0.25) is 0 Å². The second-order valence-electron chi connectivity index (χ2n) is 13.9. The van der Waals surface area contributed by atoms with Crippen molar-refractivity contribution in [1.29, 1.82) is 0 Å². The zero-order valence-electron chi connectivity index (χ0n) is 33.9. The summed E-state index contributed by atoms with van der Waals surface area (Å²) >= 11 is 0. The topological polar surface area (TPSA) is 94.1 Å². The van der Waals surface area contributed by atoms with Crippen molar-refractivity contribution in [2.75, 3.05) is 54.1 Å². The van der Waals surface area contributed by atoms with Crippen LogP contribution in [0.5, 0.6) is 0 Å². The normalized spacial score (nSPS) is 14.9. The van der Waals surface area contributed by atoms with E-state index >= 15 is 0 Å². The Morgan fingerprint density at radius 2 is 1.04 bits per heavy atom. The summed E-state index contributed by atoms with van der Waals surface area (Å²) in [6, 6.07) is 0. The maximum atomic E-state index is 12.6. The van der Waals surface area contributed by atoms with Gasteiger partial charge in [0.15, 0.2) is 0 Å². The molecule has 2 unspecified atom stereocenters. The zero-order chi connectivity index (χ0) is 39.1. The lowest BCUT2D eigenvalue weighted by molar-refractivity contribution is -0.870. The minimum atomic E-state index is -4.55. The van der Waals surface area contributed by atoms with Crippen molar-refractivity contribution in [3.05, 3.63) is 97.2 Å². The fraction of sp³-hybridized carbons (Fsp3) is 0.614. The van der Waals surface area contributed by atoms with E-state index in [-0.39, 0.29) is 26.2 Å². The summed E-state index contributed by atoms with van der Waals surface area (Å²) in [5.41, 5.74) is 0. The molecule has 0 aliphatic carbocycles. The van der Waals surface area contributed by atoms with E-state index in [1.54, 1.807) is 0 Å². The molecule has 0 aromatic heterocycles. The molecule has 0 spiro atoms. The summed E-state index contributed by atoms with van der Waals surface area (Å²) < 4.78 is 34.4. The molecule has 0 aliphatic heterocycles. The summed E-state index contributed by atoms with van der Waals surface area (Å²) in [6.07, 6.45) is 48.7. The summed E-state index contributed by atoms with van der Waals surface area (Å²) in [5, 5.41) is 0. The molecule has 53 heavy (non-hydrogen) atoms. The summed E-state index contributed by atoms with van der Waals surface area (Å²) in [4.78, 5) is 24.9. The van der Waals surface area contributed by atoms with Crippen LogP contribution in [0.3, 0.4) is 0 Å². The summed E-state index contributed by atoms with van der Waals surface area (Å²) in [7, 11) is 1.28. The standard InChI is InChI=1S/C44H74NO7P/c1-6-8-10-12-14-16-18-20-21-22-23-24-26-28-30-32-34-36-39-49-41-43(42-51-53(47,48)50-40-38-45(3,4)5)52-44(46)37-35-33-31-29-27-25-19-17-15-13-11-9-7-2/h8-11,14-17,20-21,23-25,27,31,33,43H,6-7,12-13,18-19,22,26,28-30,32,34-42H2,1-5H3/b10-8-,11-9-,16-14-,17-15-,21-20-,24-23-,27-25-,33-31-. The molecule has 0 amide bonds. The predicted octanol–water partition coefficient (Wildman–Crippen LogP) is 10.9. The third kappa shape index (κ3) is 40.4. The van der Waals surface area contributed by atoms with Gasteiger partial charge in [-0.25, -0.2) is 0 Å². The lowest BCUT2D eigenvalue weighted by atomic mass is 10.1. The molecule has 0 N–H and O–H groups in total. The van der Waals surface area contributed by atoms with Gasteiger partial charge in [0.1, 0.15) is 19.3 Å². The van der Waals surface area contributed by atoms with Gasteiger partial charge in [0.25, 0.3) is 7.82 Å². The lowest BCUT2D eigenvalue weighted by Gasteiger charge is -2.28. The Morgan fingerprint density at radius 1 is 0.585 bits per heavy atom. The highest BCUT2D eigenvalue weighted by Gasteiger charge is 2.20. The quantitative estimate of drug-likeness (QED) is 0.0209. The molecule has 8 nitrogen and oxygen atoms in total. The average Bonchev–Trinajstić information content (AvgIpc) is 3.11. The predicted molar refractivity (Wildman–Crippen MR) is 221 cm³/mol. The fourth-order valence-corrected chi connectivity index (χ4v) is 5.34. The van der Waals surface area contributed by atoms with Gasteiger partial charge in [-0.15, -0.1) is 0 Å². The number of quaternary nitrogens is 1. The molecule has 0 aromatic rings. The number of ether oxygens (including phenoxy) is 2. The highest BCUT2D eigenvalue weighted by molar-refractivity contribution is 7.45. The first-order valence-corrected chi connectivity index (χ1v) is 21.4. The number of unbranched alkanes of at least 4 members (excludes halogenated alkanes) is 5. The van der Waals surface area contributed by atoms with Crippen molar-refractivity contribution in [2.45, 2.75) is 123 Å². The molecule has 0 rings (SSSR count). The monoisotopic (exact) mass is 760 g/mol. The minimum Gasteiger partial charge on any atom is -0.756 e. The van der Waals surface area contributed by atoms with Crippen molar-refractivity contribution in [2.24, 2.45) is 0 Å². The lowest BCUT2D eigenvalue weighted by Crippen LogP contribution is -2.37. The molecule has 9 heteroatoms. The van der Waals surface area contributed by atoms with Crippen LogP contribution in [0.15, 0.2) is 97.2 Å². The Hall–Kier alpha value is -2.58. The van der Waals surface area contributed by atoms with E-state index in [0.717, 1.165) is 89.9 Å². The van der Waals surface area contributed by atoms with E-state index in [0.29, 0.717) is 24.1 Å². The number of hydrogen-bond acceptors (Lipinski definition) is 7. The Bertz CT molecular complexity index is 1160. The van der Waals surface area contributed by atoms with E-state index in [2.05, 4.69) is 98.9 Å². The van der Waals surface area contributed by atoms with Crippen LogP contribution in [0.4, 0.5) is 0 Å². The smallest absolute Gasteiger partial charge is 0.306 e. The van der Waals surface area contributed by atoms with E-state index in [1.165, 1.54) is 0 Å². The van der Waals surface area contributed by atoms with Crippen molar-refractivity contribution in [1.82, 2.24) is 0 Å². The number of likely N-dealkylation sites (N-methyl/N-ethyl adjacent to an activating group) is 1. The van der Waals surface area contributed by atoms with Gasteiger partial charge < -0.3 is 27.9 Å². The van der Waals surface area contributed by atoms with Crippen LogP contribution in [-0.4, -0.2) is 70.7 Å². The fourth-order valence-electron chi connectivity index (χ4n) is 4.61. The third-order valence-corrected chi connectivity index (χ3v) is 8.61. The van der Waals surface area contributed by atoms with E-state index in [9.17, 15) is 14.3 Å². The Labute approximate surface area is 324 Å². The molecule has 0 heterocycles. The van der Waals surface area contributed by atoms with Crippen molar-refractivity contribution < 1.29 is 37.3 Å². The number of rotatable bonds is 35. The zero-order valence-corrected chi connectivity index (χ0v) is 34.8. The van der Waals surface area contributed by atoms with Crippen molar-refractivity contribution >= 4 is 13.8 Å². The minimum absolute atomic E-state index is 0.00351. The van der Waals surface area contributed by atoms with Gasteiger partial charge in [0.05, 0.1) is 34.4 Å². The van der Waals surface area contributed by atoms with Crippen LogP contribution in [0, 0.1) is 0 Å². The van der Waals surface area contributed by atoms with Crippen LogP contribution >= 0.6 is 7.82 Å². The molecule has 0 aromatic carbocycles. The van der Waals surface area contributed by atoms with Gasteiger partial charge in [-0.05, 0) is 77.0 Å².